The molecule has 0 radical (unpaired) electrons. The van der Waals surface area contributed by atoms with Crippen molar-refractivity contribution in [2.24, 2.45) is 0 Å². The highest BCUT2D eigenvalue weighted by Crippen LogP contribution is 2.26. The van der Waals surface area contributed by atoms with Gasteiger partial charge in [0.25, 0.3) is 11.8 Å². The largest absolute Gasteiger partial charge is 0.497 e. The van der Waals surface area contributed by atoms with Crippen LogP contribution in [0.4, 0.5) is 5.69 Å². The summed E-state index contributed by atoms with van der Waals surface area (Å²) >= 11 is 0. The second kappa shape index (κ2) is 9.72. The molecule has 2 aromatic heterocycles. The van der Waals surface area contributed by atoms with Crippen molar-refractivity contribution in [3.63, 3.8) is 0 Å². The van der Waals surface area contributed by atoms with Crippen LogP contribution in [-0.4, -0.2) is 56.8 Å². The third-order valence-electron chi connectivity index (χ3n) is 5.66. The number of nitrogens with zero attached hydrogens (tertiary/aromatic N) is 5. The van der Waals surface area contributed by atoms with Crippen molar-refractivity contribution >= 4 is 17.5 Å². The number of nitrogens with one attached hydrogen (secondary N) is 1. The lowest BCUT2D eigenvalue weighted by Crippen LogP contribution is -2.40. The third kappa shape index (κ3) is 5.14. The van der Waals surface area contributed by atoms with Crippen LogP contribution in [0.5, 0.6) is 5.75 Å². The summed E-state index contributed by atoms with van der Waals surface area (Å²) in [6.07, 6.45) is 6.38. The fraction of sp³-hybridized carbons (Fsp3) is 0.333. The van der Waals surface area contributed by atoms with E-state index in [1.807, 2.05) is 6.92 Å². The maximum absolute atomic E-state index is 12.8. The molecule has 9 heteroatoms. The fourth-order valence-electron chi connectivity index (χ4n) is 3.81. The van der Waals surface area contributed by atoms with Crippen molar-refractivity contribution in [2.45, 2.75) is 32.6 Å². The van der Waals surface area contributed by atoms with Gasteiger partial charge in [0.2, 0.25) is 0 Å². The quantitative estimate of drug-likeness (QED) is 0.641. The maximum Gasteiger partial charge on any atom is 0.274 e. The van der Waals surface area contributed by atoms with E-state index in [2.05, 4.69) is 25.3 Å². The predicted molar refractivity (Wildman–Crippen MR) is 122 cm³/mol. The SMILES string of the molecule is COc1ccc(NC(=O)c2cnc(C3CCCN(C(=O)c4cnc(C)cn4)C3)nc2C)cc1. The van der Waals surface area contributed by atoms with Gasteiger partial charge in [0, 0.05) is 37.1 Å². The molecule has 33 heavy (non-hydrogen) atoms. The zero-order chi connectivity index (χ0) is 23.4. The van der Waals surface area contributed by atoms with E-state index >= 15 is 0 Å². The average Bonchev–Trinajstić information content (AvgIpc) is 2.84. The first-order valence-corrected chi connectivity index (χ1v) is 10.8. The number of carbonyl (C=O) groups excluding carboxylic acids is 2. The number of amides is 2. The summed E-state index contributed by atoms with van der Waals surface area (Å²) in [5, 5.41) is 2.85. The molecule has 0 bridgehead atoms. The minimum atomic E-state index is -0.275. The molecule has 0 aliphatic carbocycles. The van der Waals surface area contributed by atoms with E-state index in [4.69, 9.17) is 4.74 Å². The van der Waals surface area contributed by atoms with Crippen molar-refractivity contribution in [1.29, 1.82) is 0 Å². The molecule has 2 amide bonds. The van der Waals surface area contributed by atoms with Gasteiger partial charge in [-0.1, -0.05) is 0 Å². The van der Waals surface area contributed by atoms with E-state index in [0.29, 0.717) is 47.3 Å². The Balaban J connectivity index is 1.44. The Labute approximate surface area is 192 Å². The summed E-state index contributed by atoms with van der Waals surface area (Å²) in [7, 11) is 1.59. The molecule has 1 saturated heterocycles. The van der Waals surface area contributed by atoms with Crippen LogP contribution in [0.2, 0.25) is 0 Å². The zero-order valence-corrected chi connectivity index (χ0v) is 18.9. The second-order valence-corrected chi connectivity index (χ2v) is 8.04. The van der Waals surface area contributed by atoms with Crippen LogP contribution in [-0.2, 0) is 0 Å². The van der Waals surface area contributed by atoms with Crippen LogP contribution in [0.3, 0.4) is 0 Å². The molecule has 3 heterocycles. The highest BCUT2D eigenvalue weighted by molar-refractivity contribution is 6.04. The smallest absolute Gasteiger partial charge is 0.274 e. The molecular weight excluding hydrogens is 420 g/mol. The lowest BCUT2D eigenvalue weighted by Gasteiger charge is -2.31. The fourth-order valence-corrected chi connectivity index (χ4v) is 3.81. The van der Waals surface area contributed by atoms with Gasteiger partial charge in [-0.05, 0) is 51.0 Å². The van der Waals surface area contributed by atoms with Crippen molar-refractivity contribution in [3.8, 4) is 5.75 Å². The van der Waals surface area contributed by atoms with Crippen LogP contribution >= 0.6 is 0 Å². The lowest BCUT2D eigenvalue weighted by atomic mass is 9.96. The van der Waals surface area contributed by atoms with E-state index in [9.17, 15) is 9.59 Å². The molecular formula is C24H26N6O3. The topological polar surface area (TPSA) is 110 Å². The van der Waals surface area contributed by atoms with E-state index < -0.39 is 0 Å². The predicted octanol–water partition coefficient (Wildman–Crippen LogP) is 3.16. The minimum absolute atomic E-state index is 0.00138. The van der Waals surface area contributed by atoms with Crippen LogP contribution in [0.15, 0.2) is 42.9 Å². The molecule has 9 nitrogen and oxygen atoms in total. The van der Waals surface area contributed by atoms with Crippen LogP contribution in [0.25, 0.3) is 0 Å². The monoisotopic (exact) mass is 446 g/mol. The van der Waals surface area contributed by atoms with Gasteiger partial charge in [-0.3, -0.25) is 14.6 Å². The molecule has 1 aliphatic rings. The second-order valence-electron chi connectivity index (χ2n) is 8.04. The Morgan fingerprint density at radius 2 is 1.85 bits per heavy atom. The van der Waals surface area contributed by atoms with Gasteiger partial charge in [-0.2, -0.15) is 0 Å². The van der Waals surface area contributed by atoms with E-state index in [1.165, 1.54) is 6.20 Å². The van der Waals surface area contributed by atoms with Crippen molar-refractivity contribution in [2.75, 3.05) is 25.5 Å². The lowest BCUT2D eigenvalue weighted by molar-refractivity contribution is 0.0698. The Morgan fingerprint density at radius 1 is 1.06 bits per heavy atom. The molecule has 4 rings (SSSR count). The molecule has 1 atom stereocenters. The molecule has 1 aromatic carbocycles. The number of piperidine rings is 1. The molecule has 3 aromatic rings. The molecule has 1 unspecified atom stereocenters. The number of carbonyl (C=O) groups is 2. The van der Waals surface area contributed by atoms with Crippen molar-refractivity contribution in [3.05, 3.63) is 71.3 Å². The Hall–Kier alpha value is -3.88. The Kier molecular flexibility index (Phi) is 6.58. The van der Waals surface area contributed by atoms with Gasteiger partial charge in [0.15, 0.2) is 0 Å². The number of aromatic nitrogens is 4. The van der Waals surface area contributed by atoms with Crippen molar-refractivity contribution < 1.29 is 14.3 Å². The molecule has 1 aliphatic heterocycles. The Morgan fingerprint density at radius 3 is 2.52 bits per heavy atom. The Bertz CT molecular complexity index is 1150. The first-order chi connectivity index (χ1) is 15.9. The van der Waals surface area contributed by atoms with Crippen LogP contribution in [0, 0.1) is 13.8 Å². The van der Waals surface area contributed by atoms with Gasteiger partial charge in [0.05, 0.1) is 30.3 Å². The van der Waals surface area contributed by atoms with Crippen molar-refractivity contribution in [1.82, 2.24) is 24.8 Å². The number of ether oxygens (including phenoxy) is 1. The standard InChI is InChI=1S/C24H26N6O3/c1-15-11-26-21(13-25-15)24(32)30-10-4-5-17(14-30)22-27-12-20(16(2)28-22)23(31)29-18-6-8-19(33-3)9-7-18/h6-9,11-13,17H,4-5,10,14H2,1-3H3,(H,29,31). The van der Waals surface area contributed by atoms with Gasteiger partial charge in [-0.25, -0.2) is 15.0 Å². The summed E-state index contributed by atoms with van der Waals surface area (Å²) in [6, 6.07) is 7.10. The van der Waals surface area contributed by atoms with Gasteiger partial charge >= 0.3 is 0 Å². The molecule has 1 fully saturated rings. The van der Waals surface area contributed by atoms with Gasteiger partial charge in [0.1, 0.15) is 17.3 Å². The molecule has 0 saturated carbocycles. The number of anilines is 1. The number of rotatable bonds is 5. The highest BCUT2D eigenvalue weighted by atomic mass is 16.5. The number of likely N-dealkylation sites (tertiary alicyclic amines) is 1. The molecule has 0 spiro atoms. The third-order valence-corrected chi connectivity index (χ3v) is 5.66. The number of hydrogen-bond donors (Lipinski definition) is 1. The number of aryl methyl sites for hydroxylation is 2. The number of methoxy groups -OCH3 is 1. The van der Waals surface area contributed by atoms with E-state index in [1.54, 1.807) is 55.6 Å². The zero-order valence-electron chi connectivity index (χ0n) is 18.9. The summed E-state index contributed by atoms with van der Waals surface area (Å²) in [6.45, 7) is 4.79. The normalized spacial score (nSPS) is 15.7. The number of hydrogen-bond acceptors (Lipinski definition) is 7. The van der Waals surface area contributed by atoms with Crippen LogP contribution < -0.4 is 10.1 Å². The first-order valence-electron chi connectivity index (χ1n) is 10.8. The van der Waals surface area contributed by atoms with Crippen LogP contribution in [0.1, 0.15) is 56.8 Å². The molecule has 1 N–H and O–H groups in total. The maximum atomic E-state index is 12.8. The number of benzene rings is 1. The average molecular weight is 447 g/mol. The minimum Gasteiger partial charge on any atom is -0.497 e. The molecule has 170 valence electrons. The summed E-state index contributed by atoms with van der Waals surface area (Å²) in [5.74, 6) is 0.938. The van der Waals surface area contributed by atoms with Gasteiger partial charge in [-0.15, -0.1) is 0 Å². The summed E-state index contributed by atoms with van der Waals surface area (Å²) < 4.78 is 5.14. The van der Waals surface area contributed by atoms with Gasteiger partial charge < -0.3 is 15.0 Å². The van der Waals surface area contributed by atoms with E-state index in [0.717, 1.165) is 18.5 Å². The summed E-state index contributed by atoms with van der Waals surface area (Å²) in [5.41, 5.74) is 2.77. The first kappa shape index (κ1) is 22.3. The van der Waals surface area contributed by atoms with E-state index in [-0.39, 0.29) is 17.7 Å². The summed E-state index contributed by atoms with van der Waals surface area (Å²) in [4.78, 5) is 44.8. The highest BCUT2D eigenvalue weighted by Gasteiger charge is 2.28.